The number of nitrogens with zero attached hydrogens (tertiary/aromatic N) is 1. The van der Waals surface area contributed by atoms with E-state index in [4.69, 9.17) is 9.25 Å². The van der Waals surface area contributed by atoms with Gasteiger partial charge >= 0.3 is 5.63 Å². The lowest BCUT2D eigenvalue weighted by Gasteiger charge is -2.02. The first-order valence-electron chi connectivity index (χ1n) is 4.88. The van der Waals surface area contributed by atoms with Gasteiger partial charge in [-0.3, -0.25) is 0 Å². The van der Waals surface area contributed by atoms with E-state index >= 15 is 0 Å². The summed E-state index contributed by atoms with van der Waals surface area (Å²) in [7, 11) is 0. The van der Waals surface area contributed by atoms with Crippen LogP contribution in [0.5, 0.6) is 5.75 Å². The molecule has 2 aromatic rings. The van der Waals surface area contributed by atoms with E-state index in [9.17, 15) is 4.79 Å². The summed E-state index contributed by atoms with van der Waals surface area (Å²) in [5.41, 5.74) is 0.823. The number of benzene rings is 1. The van der Waals surface area contributed by atoms with Crippen molar-refractivity contribution in [1.82, 2.24) is 0 Å². The maximum atomic E-state index is 11.3. The van der Waals surface area contributed by atoms with Crippen molar-refractivity contribution in [3.05, 3.63) is 40.8 Å². The minimum Gasteiger partial charge on any atom is -0.422 e. The minimum atomic E-state index is -0.447. The first-order chi connectivity index (χ1) is 7.66. The van der Waals surface area contributed by atoms with Crippen LogP contribution in [0.2, 0.25) is 0 Å². The van der Waals surface area contributed by atoms with Gasteiger partial charge in [-0.15, -0.1) is 0 Å². The van der Waals surface area contributed by atoms with E-state index in [-0.39, 0.29) is 0 Å². The van der Waals surface area contributed by atoms with Crippen molar-refractivity contribution >= 4 is 16.7 Å². The van der Waals surface area contributed by atoms with Gasteiger partial charge in [-0.1, -0.05) is 17.3 Å². The lowest BCUT2D eigenvalue weighted by atomic mass is 10.2. The molecule has 0 aliphatic rings. The fourth-order valence-electron chi connectivity index (χ4n) is 1.30. The summed E-state index contributed by atoms with van der Waals surface area (Å²) >= 11 is 0. The second-order valence-electron chi connectivity index (χ2n) is 3.56. The van der Waals surface area contributed by atoms with Crippen LogP contribution in [-0.2, 0) is 0 Å². The molecule has 0 unspecified atom stereocenters. The van der Waals surface area contributed by atoms with Crippen LogP contribution in [-0.4, -0.2) is 5.71 Å². The summed E-state index contributed by atoms with van der Waals surface area (Å²) in [5.74, 6) is 0.410. The molecule has 0 amide bonds. The molecule has 0 atom stereocenters. The Morgan fingerprint density at radius 3 is 2.81 bits per heavy atom. The first kappa shape index (κ1) is 10.4. The maximum Gasteiger partial charge on any atom is 0.340 e. The highest BCUT2D eigenvalue weighted by molar-refractivity contribution is 5.83. The van der Waals surface area contributed by atoms with Gasteiger partial charge in [-0.2, -0.15) is 0 Å². The van der Waals surface area contributed by atoms with Gasteiger partial charge in [-0.25, -0.2) is 4.79 Å². The smallest absolute Gasteiger partial charge is 0.340 e. The Morgan fingerprint density at radius 2 is 2.06 bits per heavy atom. The van der Waals surface area contributed by atoms with Crippen molar-refractivity contribution in [2.45, 2.75) is 13.8 Å². The predicted molar refractivity (Wildman–Crippen MR) is 61.9 cm³/mol. The van der Waals surface area contributed by atoms with Crippen LogP contribution in [0, 0.1) is 0 Å². The van der Waals surface area contributed by atoms with Crippen LogP contribution in [0.1, 0.15) is 13.8 Å². The van der Waals surface area contributed by atoms with E-state index in [1.165, 1.54) is 6.07 Å². The Kier molecular flexibility index (Phi) is 2.72. The van der Waals surface area contributed by atoms with Crippen molar-refractivity contribution in [2.75, 3.05) is 0 Å². The minimum absolute atomic E-state index is 0.410. The second kappa shape index (κ2) is 4.18. The van der Waals surface area contributed by atoms with E-state index in [2.05, 4.69) is 5.16 Å². The number of hydrogen-bond donors (Lipinski definition) is 0. The molecule has 0 bridgehead atoms. The molecule has 4 heteroatoms. The zero-order valence-corrected chi connectivity index (χ0v) is 9.06. The third kappa shape index (κ3) is 2.11. The van der Waals surface area contributed by atoms with Crippen LogP contribution < -0.4 is 10.5 Å². The van der Waals surface area contributed by atoms with Crippen molar-refractivity contribution in [1.29, 1.82) is 0 Å². The van der Waals surface area contributed by atoms with E-state index in [1.807, 2.05) is 26.0 Å². The molecule has 4 nitrogen and oxygen atoms in total. The van der Waals surface area contributed by atoms with Gasteiger partial charge in [0.25, 0.3) is 0 Å². The Labute approximate surface area is 92.1 Å². The van der Waals surface area contributed by atoms with Gasteiger partial charge in [0.1, 0.15) is 5.58 Å². The Balaban J connectivity index is 2.59. The fraction of sp³-hybridized carbons (Fsp3) is 0.167. The summed E-state index contributed by atoms with van der Waals surface area (Å²) in [4.78, 5) is 16.4. The first-order valence-corrected chi connectivity index (χ1v) is 4.88. The molecule has 0 spiro atoms. The molecule has 0 radical (unpaired) electrons. The molecule has 0 aliphatic carbocycles. The highest BCUT2D eigenvalue weighted by Crippen LogP contribution is 2.23. The zero-order valence-electron chi connectivity index (χ0n) is 9.06. The monoisotopic (exact) mass is 217 g/mol. The number of hydrogen-bond acceptors (Lipinski definition) is 4. The number of oxime groups is 1. The third-order valence-electron chi connectivity index (χ3n) is 1.94. The average Bonchev–Trinajstić information content (AvgIpc) is 2.25. The summed E-state index contributed by atoms with van der Waals surface area (Å²) in [5, 5.41) is 4.55. The summed E-state index contributed by atoms with van der Waals surface area (Å²) in [6, 6.07) is 8.45. The van der Waals surface area contributed by atoms with Crippen molar-refractivity contribution < 1.29 is 9.25 Å². The molecule has 0 saturated heterocycles. The van der Waals surface area contributed by atoms with Gasteiger partial charge in [0.05, 0.1) is 17.2 Å². The van der Waals surface area contributed by atoms with E-state index in [1.54, 1.807) is 12.1 Å². The maximum absolute atomic E-state index is 11.3. The summed E-state index contributed by atoms with van der Waals surface area (Å²) in [6.07, 6.45) is 0. The lowest BCUT2D eigenvalue weighted by Crippen LogP contribution is -1.99. The third-order valence-corrected chi connectivity index (χ3v) is 1.94. The van der Waals surface area contributed by atoms with Gasteiger partial charge in [-0.05, 0) is 26.0 Å². The molecular weight excluding hydrogens is 206 g/mol. The molecule has 1 aromatic heterocycles. The average molecular weight is 217 g/mol. The quantitative estimate of drug-likeness (QED) is 0.441. The van der Waals surface area contributed by atoms with Crippen LogP contribution in [0.25, 0.3) is 11.0 Å². The van der Waals surface area contributed by atoms with Gasteiger partial charge in [0.15, 0.2) is 5.75 Å². The van der Waals surface area contributed by atoms with Crippen LogP contribution in [0.15, 0.2) is 44.7 Å². The van der Waals surface area contributed by atoms with Crippen LogP contribution in [0.3, 0.4) is 0 Å². The van der Waals surface area contributed by atoms with E-state index in [0.717, 1.165) is 11.1 Å². The largest absolute Gasteiger partial charge is 0.422 e. The molecular formula is C12H11NO3. The molecule has 0 saturated carbocycles. The summed E-state index contributed by atoms with van der Waals surface area (Å²) in [6.45, 7) is 3.63. The normalized spacial score (nSPS) is 10.1. The molecule has 0 aliphatic heterocycles. The highest BCUT2D eigenvalue weighted by atomic mass is 16.6. The molecule has 0 N–H and O–H groups in total. The van der Waals surface area contributed by atoms with Crippen molar-refractivity contribution in [3.63, 3.8) is 0 Å². The zero-order chi connectivity index (χ0) is 11.5. The van der Waals surface area contributed by atoms with Crippen molar-refractivity contribution in [2.24, 2.45) is 5.16 Å². The Morgan fingerprint density at radius 1 is 1.31 bits per heavy atom. The highest BCUT2D eigenvalue weighted by Gasteiger charge is 2.05. The Bertz CT molecular complexity index is 594. The predicted octanol–water partition coefficient (Wildman–Crippen LogP) is 2.57. The molecule has 2 rings (SSSR count). The molecule has 1 heterocycles. The molecule has 0 fully saturated rings. The second-order valence-corrected chi connectivity index (χ2v) is 3.56. The summed E-state index contributed by atoms with van der Waals surface area (Å²) < 4.78 is 5.03. The molecule has 82 valence electrons. The van der Waals surface area contributed by atoms with E-state index in [0.29, 0.717) is 11.3 Å². The fourth-order valence-corrected chi connectivity index (χ4v) is 1.30. The van der Waals surface area contributed by atoms with Crippen molar-refractivity contribution in [3.8, 4) is 5.75 Å². The van der Waals surface area contributed by atoms with Gasteiger partial charge in [0.2, 0.25) is 0 Å². The van der Waals surface area contributed by atoms with Crippen LogP contribution in [0.4, 0.5) is 0 Å². The molecule has 1 aromatic carbocycles. The topological polar surface area (TPSA) is 51.8 Å². The number of rotatable bonds is 2. The Hall–Kier alpha value is -2.10. The molecule has 16 heavy (non-hydrogen) atoms. The van der Waals surface area contributed by atoms with Gasteiger partial charge < -0.3 is 9.25 Å². The SMILES string of the molecule is CC(C)=NOc1cc(=O)oc2ccccc12. The number of fused-ring (bicyclic) bond motifs is 1. The van der Waals surface area contributed by atoms with E-state index < -0.39 is 5.63 Å². The van der Waals surface area contributed by atoms with Gasteiger partial charge in [0, 0.05) is 0 Å². The lowest BCUT2D eigenvalue weighted by molar-refractivity contribution is 0.341. The number of para-hydroxylation sites is 1. The van der Waals surface area contributed by atoms with Crippen LogP contribution >= 0.6 is 0 Å². The standard InChI is InChI=1S/C12H11NO3/c1-8(2)13-16-11-7-12(14)15-10-6-4-3-5-9(10)11/h3-7H,1-2H3.